The van der Waals surface area contributed by atoms with Crippen LogP contribution in [0, 0.1) is 11.3 Å². The van der Waals surface area contributed by atoms with Gasteiger partial charge in [-0.25, -0.2) is 0 Å². The van der Waals surface area contributed by atoms with Crippen LogP contribution in [-0.4, -0.2) is 13.1 Å². The largest absolute Gasteiger partial charge is 0.316 e. The molecular formula is C15H31N. The van der Waals surface area contributed by atoms with Gasteiger partial charge in [0.05, 0.1) is 0 Å². The zero-order chi connectivity index (χ0) is 12.0. The van der Waals surface area contributed by atoms with Crippen LogP contribution in [-0.2, 0) is 0 Å². The lowest BCUT2D eigenvalue weighted by molar-refractivity contribution is 0.101. The van der Waals surface area contributed by atoms with Crippen molar-refractivity contribution in [3.63, 3.8) is 0 Å². The molecule has 1 rings (SSSR count). The molecule has 0 saturated heterocycles. The Morgan fingerprint density at radius 1 is 1.12 bits per heavy atom. The summed E-state index contributed by atoms with van der Waals surface area (Å²) >= 11 is 0. The molecule has 0 aromatic rings. The van der Waals surface area contributed by atoms with Gasteiger partial charge in [0, 0.05) is 6.04 Å². The first-order chi connectivity index (χ1) is 7.68. The highest BCUT2D eigenvalue weighted by molar-refractivity contribution is 4.92. The first kappa shape index (κ1) is 14.0. The summed E-state index contributed by atoms with van der Waals surface area (Å²) in [7, 11) is 2.17. The molecule has 1 nitrogen and oxygen atoms in total. The molecule has 2 unspecified atom stereocenters. The Morgan fingerprint density at radius 3 is 2.19 bits per heavy atom. The van der Waals surface area contributed by atoms with Crippen molar-refractivity contribution in [1.29, 1.82) is 0 Å². The maximum Gasteiger partial charge on any atom is 0.0146 e. The maximum atomic E-state index is 3.65. The van der Waals surface area contributed by atoms with Crippen molar-refractivity contribution in [2.75, 3.05) is 7.05 Å². The highest BCUT2D eigenvalue weighted by atomic mass is 14.9. The Kier molecular flexibility index (Phi) is 5.82. The molecule has 0 heterocycles. The van der Waals surface area contributed by atoms with Gasteiger partial charge in [0.2, 0.25) is 0 Å². The molecular weight excluding hydrogens is 194 g/mol. The van der Waals surface area contributed by atoms with Crippen LogP contribution >= 0.6 is 0 Å². The highest BCUT2D eigenvalue weighted by Crippen LogP contribution is 2.42. The molecule has 0 aromatic carbocycles. The minimum Gasteiger partial charge on any atom is -0.316 e. The van der Waals surface area contributed by atoms with Gasteiger partial charge in [-0.15, -0.1) is 0 Å². The van der Waals surface area contributed by atoms with Crippen LogP contribution in [0.25, 0.3) is 0 Å². The van der Waals surface area contributed by atoms with E-state index in [0.717, 1.165) is 12.0 Å². The van der Waals surface area contributed by atoms with Gasteiger partial charge in [-0.1, -0.05) is 52.9 Å². The summed E-state index contributed by atoms with van der Waals surface area (Å²) in [6.45, 7) is 7.20. The predicted octanol–water partition coefficient (Wildman–Crippen LogP) is 4.37. The van der Waals surface area contributed by atoms with Crippen LogP contribution in [0.15, 0.2) is 0 Å². The molecule has 0 radical (unpaired) electrons. The van der Waals surface area contributed by atoms with Crippen LogP contribution < -0.4 is 5.32 Å². The van der Waals surface area contributed by atoms with Crippen molar-refractivity contribution in [3.05, 3.63) is 0 Å². The number of rotatable bonds is 6. The lowest BCUT2D eigenvalue weighted by Gasteiger charge is -2.44. The van der Waals surface area contributed by atoms with Crippen molar-refractivity contribution in [3.8, 4) is 0 Å². The van der Waals surface area contributed by atoms with E-state index < -0.39 is 0 Å². The fourth-order valence-corrected chi connectivity index (χ4v) is 3.80. The molecule has 0 amide bonds. The first-order valence-corrected chi connectivity index (χ1v) is 7.35. The average Bonchev–Trinajstić information content (AvgIpc) is 2.29. The van der Waals surface area contributed by atoms with Gasteiger partial charge in [0.25, 0.3) is 0 Å². The summed E-state index contributed by atoms with van der Waals surface area (Å²) in [4.78, 5) is 0. The van der Waals surface area contributed by atoms with Crippen LogP contribution in [0.5, 0.6) is 0 Å². The summed E-state index contributed by atoms with van der Waals surface area (Å²) < 4.78 is 0. The summed E-state index contributed by atoms with van der Waals surface area (Å²) in [6.07, 6.45) is 11.2. The van der Waals surface area contributed by atoms with E-state index in [-0.39, 0.29) is 0 Å². The van der Waals surface area contributed by atoms with Crippen molar-refractivity contribution < 1.29 is 0 Å². The zero-order valence-corrected chi connectivity index (χ0v) is 11.8. The van der Waals surface area contributed by atoms with Gasteiger partial charge >= 0.3 is 0 Å². The number of hydrogen-bond acceptors (Lipinski definition) is 1. The normalized spacial score (nSPS) is 24.0. The smallest absolute Gasteiger partial charge is 0.0146 e. The van der Waals surface area contributed by atoms with Crippen molar-refractivity contribution in [2.24, 2.45) is 11.3 Å². The molecule has 1 heteroatoms. The van der Waals surface area contributed by atoms with E-state index in [2.05, 4.69) is 33.1 Å². The van der Waals surface area contributed by atoms with Gasteiger partial charge in [-0.2, -0.15) is 0 Å². The minimum absolute atomic E-state index is 0.558. The lowest BCUT2D eigenvalue weighted by Crippen LogP contribution is -2.48. The molecule has 1 N–H and O–H groups in total. The SMILES string of the molecule is CCCC(CC)C(NC)C1(C)CCCCC1. The number of nitrogens with one attached hydrogen (secondary N) is 1. The van der Waals surface area contributed by atoms with E-state index in [4.69, 9.17) is 0 Å². The van der Waals surface area contributed by atoms with E-state index >= 15 is 0 Å². The Bertz CT molecular complexity index is 182. The summed E-state index contributed by atoms with van der Waals surface area (Å²) in [5, 5.41) is 3.65. The van der Waals surface area contributed by atoms with Crippen LogP contribution in [0.2, 0.25) is 0 Å². The Hall–Kier alpha value is -0.0400. The minimum atomic E-state index is 0.558. The summed E-state index contributed by atoms with van der Waals surface area (Å²) in [5.41, 5.74) is 0.558. The van der Waals surface area contributed by atoms with Crippen molar-refractivity contribution in [1.82, 2.24) is 5.32 Å². The van der Waals surface area contributed by atoms with Gasteiger partial charge in [-0.3, -0.25) is 0 Å². The third-order valence-electron chi connectivity index (χ3n) is 4.71. The van der Waals surface area contributed by atoms with Crippen LogP contribution in [0.3, 0.4) is 0 Å². The molecule has 2 atom stereocenters. The van der Waals surface area contributed by atoms with Crippen LogP contribution in [0.1, 0.15) is 72.1 Å². The van der Waals surface area contributed by atoms with Gasteiger partial charge in [-0.05, 0) is 37.6 Å². The molecule has 96 valence electrons. The van der Waals surface area contributed by atoms with Gasteiger partial charge < -0.3 is 5.32 Å². The Labute approximate surface area is 102 Å². The quantitative estimate of drug-likeness (QED) is 0.708. The van der Waals surface area contributed by atoms with Crippen molar-refractivity contribution in [2.45, 2.75) is 78.2 Å². The second-order valence-electron chi connectivity index (χ2n) is 5.94. The van der Waals surface area contributed by atoms with E-state index in [1.807, 2.05) is 0 Å². The lowest BCUT2D eigenvalue weighted by atomic mass is 9.66. The maximum absolute atomic E-state index is 3.65. The van der Waals surface area contributed by atoms with Crippen molar-refractivity contribution >= 4 is 0 Å². The van der Waals surface area contributed by atoms with E-state index in [1.54, 1.807) is 0 Å². The Morgan fingerprint density at radius 2 is 1.75 bits per heavy atom. The molecule has 1 aliphatic carbocycles. The van der Waals surface area contributed by atoms with E-state index in [0.29, 0.717) is 5.41 Å². The second-order valence-corrected chi connectivity index (χ2v) is 5.94. The fourth-order valence-electron chi connectivity index (χ4n) is 3.80. The molecule has 0 bridgehead atoms. The molecule has 0 aliphatic heterocycles. The third-order valence-corrected chi connectivity index (χ3v) is 4.71. The van der Waals surface area contributed by atoms with E-state index in [9.17, 15) is 0 Å². The zero-order valence-electron chi connectivity index (χ0n) is 11.8. The topological polar surface area (TPSA) is 12.0 Å². The Balaban J connectivity index is 2.69. The molecule has 1 saturated carbocycles. The second kappa shape index (κ2) is 6.64. The summed E-state index contributed by atoms with van der Waals surface area (Å²) in [6, 6.07) is 0.734. The predicted molar refractivity (Wildman–Crippen MR) is 72.7 cm³/mol. The van der Waals surface area contributed by atoms with E-state index in [1.165, 1.54) is 51.4 Å². The third kappa shape index (κ3) is 3.23. The molecule has 0 aromatic heterocycles. The number of hydrogen-bond donors (Lipinski definition) is 1. The fraction of sp³-hybridized carbons (Fsp3) is 1.00. The average molecular weight is 225 g/mol. The van der Waals surface area contributed by atoms with Gasteiger partial charge in [0.15, 0.2) is 0 Å². The van der Waals surface area contributed by atoms with Crippen LogP contribution in [0.4, 0.5) is 0 Å². The monoisotopic (exact) mass is 225 g/mol. The highest BCUT2D eigenvalue weighted by Gasteiger charge is 2.37. The first-order valence-electron chi connectivity index (χ1n) is 7.35. The molecule has 1 aliphatic rings. The van der Waals surface area contributed by atoms with Gasteiger partial charge in [0.1, 0.15) is 0 Å². The molecule has 0 spiro atoms. The standard InChI is InChI=1S/C15H31N/c1-5-10-13(6-2)14(16-4)15(3)11-8-7-9-12-15/h13-14,16H,5-12H2,1-4H3. The molecule has 16 heavy (non-hydrogen) atoms. The summed E-state index contributed by atoms with van der Waals surface area (Å²) in [5.74, 6) is 0.873. The molecule has 1 fully saturated rings.